The zero-order chi connectivity index (χ0) is 15.1. The summed E-state index contributed by atoms with van der Waals surface area (Å²) in [5.41, 5.74) is 0.556. The molecule has 106 valence electrons. The minimum absolute atomic E-state index is 0.0196. The lowest BCUT2D eigenvalue weighted by Crippen LogP contribution is -2.09. The molecule has 5 heteroatoms. The zero-order valence-electron chi connectivity index (χ0n) is 11.1. The Kier molecular flexibility index (Phi) is 4.89. The Morgan fingerprint density at radius 1 is 1.05 bits per heavy atom. The van der Waals surface area contributed by atoms with Crippen LogP contribution in [-0.2, 0) is 0 Å². The highest BCUT2D eigenvalue weighted by Crippen LogP contribution is 2.16. The number of hydrogen-bond acceptors (Lipinski definition) is 4. The molecule has 0 atom stereocenters. The van der Waals surface area contributed by atoms with Crippen molar-refractivity contribution in [2.45, 2.75) is 0 Å². The number of carbonyl (C=O) groups is 1. The second kappa shape index (κ2) is 7.06. The predicted molar refractivity (Wildman–Crippen MR) is 73.9 cm³/mol. The quantitative estimate of drug-likeness (QED) is 0.604. The highest BCUT2D eigenvalue weighted by molar-refractivity contribution is 5.74. The molecule has 0 spiro atoms. The standard InChI is InChI=1S/C16H12FNO3/c17-16-9-15(6-3-13(16)10-18)21-8-7-20-14-4-1-12(11-19)2-5-14/h1-6,9,11H,7-8H2. The Morgan fingerprint density at radius 2 is 1.67 bits per heavy atom. The molecule has 0 unspecified atom stereocenters. The third-order valence-electron chi connectivity index (χ3n) is 2.70. The van der Waals surface area contributed by atoms with Gasteiger partial charge in [-0.1, -0.05) is 0 Å². The lowest BCUT2D eigenvalue weighted by atomic mass is 10.2. The number of hydrogen-bond donors (Lipinski definition) is 0. The van der Waals surface area contributed by atoms with Gasteiger partial charge in [-0.25, -0.2) is 4.39 Å². The van der Waals surface area contributed by atoms with Crippen LogP contribution in [0.2, 0.25) is 0 Å². The van der Waals surface area contributed by atoms with Crippen LogP contribution < -0.4 is 9.47 Å². The second-order valence-electron chi connectivity index (χ2n) is 4.14. The molecule has 0 heterocycles. The molecule has 0 N–H and O–H groups in total. The number of ether oxygens (including phenoxy) is 2. The average Bonchev–Trinajstić information content (AvgIpc) is 2.52. The first-order chi connectivity index (χ1) is 10.2. The molecule has 0 bridgehead atoms. The van der Waals surface area contributed by atoms with Crippen LogP contribution in [0.15, 0.2) is 42.5 Å². The van der Waals surface area contributed by atoms with Crippen molar-refractivity contribution in [2.24, 2.45) is 0 Å². The zero-order valence-corrected chi connectivity index (χ0v) is 11.1. The largest absolute Gasteiger partial charge is 0.490 e. The van der Waals surface area contributed by atoms with Crippen LogP contribution >= 0.6 is 0 Å². The smallest absolute Gasteiger partial charge is 0.150 e. The van der Waals surface area contributed by atoms with Gasteiger partial charge in [-0.05, 0) is 36.4 Å². The van der Waals surface area contributed by atoms with Gasteiger partial charge in [0.25, 0.3) is 0 Å². The molecule has 0 aromatic heterocycles. The van der Waals surface area contributed by atoms with Gasteiger partial charge in [0.2, 0.25) is 0 Å². The lowest BCUT2D eigenvalue weighted by Gasteiger charge is -2.08. The van der Waals surface area contributed by atoms with E-state index in [4.69, 9.17) is 14.7 Å². The fraction of sp³-hybridized carbons (Fsp3) is 0.125. The molecular formula is C16H12FNO3. The number of halogens is 1. The highest BCUT2D eigenvalue weighted by atomic mass is 19.1. The third-order valence-corrected chi connectivity index (χ3v) is 2.70. The first kappa shape index (κ1) is 14.5. The molecule has 0 aliphatic heterocycles. The van der Waals surface area contributed by atoms with E-state index in [1.807, 2.05) is 0 Å². The fourth-order valence-corrected chi connectivity index (χ4v) is 1.64. The van der Waals surface area contributed by atoms with Crippen molar-refractivity contribution in [1.82, 2.24) is 0 Å². The van der Waals surface area contributed by atoms with Gasteiger partial charge in [0.05, 0.1) is 5.56 Å². The topological polar surface area (TPSA) is 59.3 Å². The molecule has 2 aromatic rings. The van der Waals surface area contributed by atoms with Crippen molar-refractivity contribution < 1.29 is 18.7 Å². The van der Waals surface area contributed by atoms with Gasteiger partial charge in [-0.2, -0.15) is 5.26 Å². The van der Waals surface area contributed by atoms with Crippen LogP contribution in [0.25, 0.3) is 0 Å². The number of carbonyl (C=O) groups excluding carboxylic acids is 1. The normalized spacial score (nSPS) is 9.71. The third kappa shape index (κ3) is 4.05. The number of nitrogens with zero attached hydrogens (tertiary/aromatic N) is 1. The van der Waals surface area contributed by atoms with Gasteiger partial charge in [0, 0.05) is 11.6 Å². The van der Waals surface area contributed by atoms with Crippen LogP contribution in [0.5, 0.6) is 11.5 Å². The fourth-order valence-electron chi connectivity index (χ4n) is 1.64. The van der Waals surface area contributed by atoms with E-state index < -0.39 is 5.82 Å². The number of aldehydes is 1. The Bertz CT molecular complexity index is 662. The van der Waals surface area contributed by atoms with Crippen molar-refractivity contribution in [3.05, 3.63) is 59.4 Å². The Labute approximate surface area is 121 Å². The molecule has 0 aliphatic rings. The van der Waals surface area contributed by atoms with E-state index in [-0.39, 0.29) is 18.8 Å². The van der Waals surface area contributed by atoms with Crippen molar-refractivity contribution in [2.75, 3.05) is 13.2 Å². The van der Waals surface area contributed by atoms with Crippen molar-refractivity contribution in [3.63, 3.8) is 0 Å². The molecule has 0 saturated heterocycles. The van der Waals surface area contributed by atoms with Gasteiger partial charge < -0.3 is 9.47 Å². The van der Waals surface area contributed by atoms with Crippen molar-refractivity contribution in [1.29, 1.82) is 5.26 Å². The Hall–Kier alpha value is -2.87. The molecule has 0 amide bonds. The molecule has 0 radical (unpaired) electrons. The van der Waals surface area contributed by atoms with Crippen LogP contribution in [-0.4, -0.2) is 19.5 Å². The summed E-state index contributed by atoms with van der Waals surface area (Å²) in [6, 6.07) is 12.5. The molecule has 0 aliphatic carbocycles. The van der Waals surface area contributed by atoms with E-state index in [1.165, 1.54) is 12.1 Å². The van der Waals surface area contributed by atoms with Gasteiger partial charge in [0.1, 0.15) is 42.9 Å². The maximum absolute atomic E-state index is 13.3. The molecule has 21 heavy (non-hydrogen) atoms. The van der Waals surface area contributed by atoms with Gasteiger partial charge in [-0.15, -0.1) is 0 Å². The van der Waals surface area contributed by atoms with Crippen LogP contribution in [0.3, 0.4) is 0 Å². The second-order valence-corrected chi connectivity index (χ2v) is 4.14. The summed E-state index contributed by atoms with van der Waals surface area (Å²) < 4.78 is 24.1. The number of rotatable bonds is 6. The first-order valence-electron chi connectivity index (χ1n) is 6.23. The maximum atomic E-state index is 13.3. The van der Waals surface area contributed by atoms with E-state index in [0.29, 0.717) is 17.1 Å². The molecule has 0 fully saturated rings. The highest BCUT2D eigenvalue weighted by Gasteiger charge is 2.03. The van der Waals surface area contributed by atoms with E-state index >= 15 is 0 Å². The van der Waals surface area contributed by atoms with Gasteiger partial charge in [-0.3, -0.25) is 4.79 Å². The Morgan fingerprint density at radius 3 is 2.24 bits per heavy atom. The van der Waals surface area contributed by atoms with Crippen molar-refractivity contribution >= 4 is 6.29 Å². The molecule has 2 rings (SSSR count). The van der Waals surface area contributed by atoms with E-state index in [2.05, 4.69) is 0 Å². The molecular weight excluding hydrogens is 273 g/mol. The van der Waals surface area contributed by atoms with Crippen molar-refractivity contribution in [3.8, 4) is 17.6 Å². The van der Waals surface area contributed by atoms with Gasteiger partial charge in [0.15, 0.2) is 0 Å². The van der Waals surface area contributed by atoms with Crippen LogP contribution in [0.4, 0.5) is 4.39 Å². The summed E-state index contributed by atoms with van der Waals surface area (Å²) in [6.07, 6.45) is 0.756. The maximum Gasteiger partial charge on any atom is 0.150 e. The minimum Gasteiger partial charge on any atom is -0.490 e. The summed E-state index contributed by atoms with van der Waals surface area (Å²) in [6.45, 7) is 0.517. The summed E-state index contributed by atoms with van der Waals surface area (Å²) in [4.78, 5) is 10.5. The molecule has 0 saturated carbocycles. The summed E-state index contributed by atoms with van der Waals surface area (Å²) >= 11 is 0. The van der Waals surface area contributed by atoms with E-state index in [1.54, 1.807) is 30.3 Å². The van der Waals surface area contributed by atoms with Gasteiger partial charge >= 0.3 is 0 Å². The SMILES string of the molecule is N#Cc1ccc(OCCOc2ccc(C=O)cc2)cc1F. The van der Waals surface area contributed by atoms with E-state index in [9.17, 15) is 9.18 Å². The Balaban J connectivity index is 1.80. The summed E-state index contributed by atoms with van der Waals surface area (Å²) in [7, 11) is 0. The molecule has 4 nitrogen and oxygen atoms in total. The van der Waals surface area contributed by atoms with Crippen LogP contribution in [0.1, 0.15) is 15.9 Å². The first-order valence-corrected chi connectivity index (χ1v) is 6.23. The number of nitriles is 1. The monoisotopic (exact) mass is 285 g/mol. The summed E-state index contributed by atoms with van der Waals surface area (Å²) in [5.74, 6) is 0.349. The van der Waals surface area contributed by atoms with Crippen LogP contribution in [0, 0.1) is 17.1 Å². The predicted octanol–water partition coefficient (Wildman–Crippen LogP) is 2.97. The minimum atomic E-state index is -0.611. The molecule has 2 aromatic carbocycles. The average molecular weight is 285 g/mol. The lowest BCUT2D eigenvalue weighted by molar-refractivity contribution is 0.112. The van der Waals surface area contributed by atoms with E-state index in [0.717, 1.165) is 12.4 Å². The summed E-state index contributed by atoms with van der Waals surface area (Å²) in [5, 5.41) is 8.61. The number of benzene rings is 2.